The van der Waals surface area contributed by atoms with Crippen LogP contribution in [0.1, 0.15) is 65.2 Å². The van der Waals surface area contributed by atoms with Gasteiger partial charge in [0.15, 0.2) is 0 Å². The van der Waals surface area contributed by atoms with E-state index < -0.39 is 4.33 Å². The third-order valence-corrected chi connectivity index (χ3v) is 4.14. The van der Waals surface area contributed by atoms with Gasteiger partial charge in [-0.3, -0.25) is 0 Å². The Morgan fingerprint density at radius 3 is 2.12 bits per heavy atom. The van der Waals surface area contributed by atoms with E-state index in [4.69, 9.17) is 23.2 Å². The number of hydrogen-bond acceptors (Lipinski definition) is 0. The van der Waals surface area contributed by atoms with Crippen molar-refractivity contribution in [1.82, 2.24) is 0 Å². The van der Waals surface area contributed by atoms with E-state index in [1.54, 1.807) is 6.08 Å². The van der Waals surface area contributed by atoms with Gasteiger partial charge in [0.05, 0.1) is 0 Å². The zero-order valence-electron chi connectivity index (χ0n) is 10.8. The quantitative estimate of drug-likeness (QED) is 0.253. The average molecular weight is 265 g/mol. The molecular weight excluding hydrogens is 239 g/mol. The molecule has 0 N–H and O–H groups in total. The summed E-state index contributed by atoms with van der Waals surface area (Å²) in [7, 11) is 0. The first-order chi connectivity index (χ1) is 7.58. The number of rotatable bonds is 10. The molecule has 1 unspecified atom stereocenters. The maximum absolute atomic E-state index is 6.20. The van der Waals surface area contributed by atoms with E-state index >= 15 is 0 Å². The molecule has 0 heterocycles. The average Bonchev–Trinajstić information content (AvgIpc) is 2.28. The Labute approximate surface area is 111 Å². The Morgan fingerprint density at radius 1 is 1.06 bits per heavy atom. The van der Waals surface area contributed by atoms with Crippen molar-refractivity contribution in [3.63, 3.8) is 0 Å². The minimum atomic E-state index is -0.738. The van der Waals surface area contributed by atoms with Crippen molar-refractivity contribution in [3.05, 3.63) is 12.7 Å². The molecular formula is C14H26Cl2. The van der Waals surface area contributed by atoms with Crippen molar-refractivity contribution in [2.24, 2.45) is 5.92 Å². The highest BCUT2D eigenvalue weighted by atomic mass is 35.5. The standard InChI is InChI=1S/C14H26Cl2/c1-4-7-8-9-10-11-12-13(5-2)14(15,16)6-3/h6,13H,3-5,7-12H2,1-2H3. The van der Waals surface area contributed by atoms with Gasteiger partial charge >= 0.3 is 0 Å². The number of hydrogen-bond donors (Lipinski definition) is 0. The molecule has 0 bridgehead atoms. The van der Waals surface area contributed by atoms with Crippen LogP contribution in [0.2, 0.25) is 0 Å². The second-order valence-corrected chi connectivity index (χ2v) is 5.98. The minimum absolute atomic E-state index is 0.347. The zero-order chi connectivity index (χ0) is 12.4. The van der Waals surface area contributed by atoms with Crippen molar-refractivity contribution in [3.8, 4) is 0 Å². The lowest BCUT2D eigenvalue weighted by molar-refractivity contribution is 0.427. The molecule has 0 aromatic heterocycles. The lowest BCUT2D eigenvalue weighted by atomic mass is 9.94. The highest BCUT2D eigenvalue weighted by Crippen LogP contribution is 2.37. The van der Waals surface area contributed by atoms with Crippen molar-refractivity contribution in [2.75, 3.05) is 0 Å². The minimum Gasteiger partial charge on any atom is -0.100 e. The van der Waals surface area contributed by atoms with Crippen LogP contribution >= 0.6 is 23.2 Å². The second-order valence-electron chi connectivity index (χ2n) is 4.54. The summed E-state index contributed by atoms with van der Waals surface area (Å²) in [6.45, 7) is 8.09. The summed E-state index contributed by atoms with van der Waals surface area (Å²) < 4.78 is -0.738. The highest BCUT2D eigenvalue weighted by Gasteiger charge is 2.29. The number of unbranched alkanes of at least 4 members (excludes halogenated alkanes) is 5. The first-order valence-electron chi connectivity index (χ1n) is 6.59. The molecule has 0 amide bonds. The van der Waals surface area contributed by atoms with Crippen LogP contribution in [-0.2, 0) is 0 Å². The van der Waals surface area contributed by atoms with Gasteiger partial charge in [0, 0.05) is 0 Å². The molecule has 0 aliphatic heterocycles. The third kappa shape index (κ3) is 6.81. The number of allylic oxidation sites excluding steroid dienone is 1. The highest BCUT2D eigenvalue weighted by molar-refractivity contribution is 6.50. The van der Waals surface area contributed by atoms with E-state index in [1.807, 2.05) is 0 Å². The first-order valence-corrected chi connectivity index (χ1v) is 7.35. The molecule has 0 fully saturated rings. The van der Waals surface area contributed by atoms with Crippen molar-refractivity contribution in [1.29, 1.82) is 0 Å². The summed E-state index contributed by atoms with van der Waals surface area (Å²) in [4.78, 5) is 0. The van der Waals surface area contributed by atoms with E-state index in [2.05, 4.69) is 20.4 Å². The Hall–Kier alpha value is 0.320. The van der Waals surface area contributed by atoms with Gasteiger partial charge in [-0.15, -0.1) is 6.58 Å². The van der Waals surface area contributed by atoms with Crippen molar-refractivity contribution < 1.29 is 0 Å². The van der Waals surface area contributed by atoms with E-state index in [-0.39, 0.29) is 0 Å². The molecule has 0 saturated carbocycles. The first kappa shape index (κ1) is 16.3. The predicted octanol–water partition coefficient (Wildman–Crippen LogP) is 6.12. The van der Waals surface area contributed by atoms with Gasteiger partial charge < -0.3 is 0 Å². The molecule has 0 aromatic carbocycles. The van der Waals surface area contributed by atoms with Crippen LogP contribution in [0.5, 0.6) is 0 Å². The molecule has 0 aromatic rings. The predicted molar refractivity (Wildman–Crippen MR) is 76.4 cm³/mol. The van der Waals surface area contributed by atoms with Crippen molar-refractivity contribution >= 4 is 23.2 Å². The topological polar surface area (TPSA) is 0 Å². The monoisotopic (exact) mass is 264 g/mol. The van der Waals surface area contributed by atoms with Gasteiger partial charge in [-0.05, 0) is 12.3 Å². The fraction of sp³-hybridized carbons (Fsp3) is 0.857. The lowest BCUT2D eigenvalue weighted by Crippen LogP contribution is -2.22. The van der Waals surface area contributed by atoms with Crippen LogP contribution in [0.15, 0.2) is 12.7 Å². The third-order valence-electron chi connectivity index (χ3n) is 3.22. The molecule has 0 saturated heterocycles. The number of halogens is 2. The van der Waals surface area contributed by atoms with E-state index in [0.717, 1.165) is 12.8 Å². The van der Waals surface area contributed by atoms with Gasteiger partial charge in [0.2, 0.25) is 0 Å². The molecule has 16 heavy (non-hydrogen) atoms. The second kappa shape index (κ2) is 9.36. The summed E-state index contributed by atoms with van der Waals surface area (Å²) in [5.41, 5.74) is 0. The Morgan fingerprint density at radius 2 is 1.62 bits per heavy atom. The zero-order valence-corrected chi connectivity index (χ0v) is 12.3. The van der Waals surface area contributed by atoms with Gasteiger partial charge in [0.1, 0.15) is 4.33 Å². The van der Waals surface area contributed by atoms with Gasteiger partial charge in [0.25, 0.3) is 0 Å². The van der Waals surface area contributed by atoms with Crippen LogP contribution in [0.25, 0.3) is 0 Å². The Kier molecular flexibility index (Phi) is 9.55. The maximum atomic E-state index is 6.20. The largest absolute Gasteiger partial charge is 0.138 e. The SMILES string of the molecule is C=CC(Cl)(Cl)C(CC)CCCCCCCC. The molecule has 0 aliphatic carbocycles. The van der Waals surface area contributed by atoms with Crippen LogP contribution in [-0.4, -0.2) is 4.33 Å². The van der Waals surface area contributed by atoms with Crippen LogP contribution in [0.4, 0.5) is 0 Å². The van der Waals surface area contributed by atoms with Crippen molar-refractivity contribution in [2.45, 2.75) is 69.5 Å². The maximum Gasteiger partial charge on any atom is 0.138 e. The van der Waals surface area contributed by atoms with Crippen LogP contribution in [0.3, 0.4) is 0 Å². The van der Waals surface area contributed by atoms with Gasteiger partial charge in [-0.1, -0.05) is 88.1 Å². The van der Waals surface area contributed by atoms with E-state index in [9.17, 15) is 0 Å². The van der Waals surface area contributed by atoms with Gasteiger partial charge in [-0.25, -0.2) is 0 Å². The molecule has 2 heteroatoms. The Bertz CT molecular complexity index is 176. The van der Waals surface area contributed by atoms with E-state index in [0.29, 0.717) is 5.92 Å². The number of alkyl halides is 2. The normalized spacial score (nSPS) is 13.8. The molecule has 1 atom stereocenters. The smallest absolute Gasteiger partial charge is 0.100 e. The summed E-state index contributed by atoms with van der Waals surface area (Å²) in [6, 6.07) is 0. The van der Waals surface area contributed by atoms with E-state index in [1.165, 1.54) is 38.5 Å². The molecule has 0 rings (SSSR count). The molecule has 0 aliphatic rings. The van der Waals surface area contributed by atoms with Gasteiger partial charge in [-0.2, -0.15) is 0 Å². The van der Waals surface area contributed by atoms with Crippen LogP contribution < -0.4 is 0 Å². The fourth-order valence-corrected chi connectivity index (χ4v) is 2.53. The fourth-order valence-electron chi connectivity index (χ4n) is 2.01. The Balaban J connectivity index is 3.68. The summed E-state index contributed by atoms with van der Waals surface area (Å²) >= 11 is 12.4. The lowest BCUT2D eigenvalue weighted by Gasteiger charge is -2.25. The molecule has 0 spiro atoms. The molecule has 0 nitrogen and oxygen atoms in total. The molecule has 96 valence electrons. The molecule has 0 radical (unpaired) electrons. The summed E-state index contributed by atoms with van der Waals surface area (Å²) in [5, 5.41) is 0. The summed E-state index contributed by atoms with van der Waals surface area (Å²) in [6.07, 6.45) is 11.7. The van der Waals surface area contributed by atoms with Crippen LogP contribution in [0, 0.1) is 5.92 Å². The summed E-state index contributed by atoms with van der Waals surface area (Å²) in [5.74, 6) is 0.347.